The van der Waals surface area contributed by atoms with Crippen molar-refractivity contribution in [3.05, 3.63) is 41.4 Å². The number of carbonyl (C=O) groups excluding carboxylic acids is 1. The van der Waals surface area contributed by atoms with Crippen LogP contribution in [0.25, 0.3) is 0 Å². The molecule has 0 saturated carbocycles. The second-order valence-electron chi connectivity index (χ2n) is 4.79. The summed E-state index contributed by atoms with van der Waals surface area (Å²) in [5.41, 5.74) is 0.593. The molecular weight excluding hydrogens is 288 g/mol. The van der Waals surface area contributed by atoms with E-state index in [4.69, 9.17) is 9.47 Å². The van der Waals surface area contributed by atoms with Crippen LogP contribution >= 0.6 is 11.3 Å². The maximum atomic E-state index is 12.2. The molecule has 1 aromatic heterocycles. The molecule has 1 aromatic carbocycles. The molecule has 5 nitrogen and oxygen atoms in total. The monoisotopic (exact) mass is 304 g/mol. The lowest BCUT2D eigenvalue weighted by Gasteiger charge is -2.23. The van der Waals surface area contributed by atoms with Crippen molar-refractivity contribution < 1.29 is 14.3 Å². The summed E-state index contributed by atoms with van der Waals surface area (Å²) in [6, 6.07) is 7.32. The molecule has 110 valence electrons. The van der Waals surface area contributed by atoms with E-state index in [2.05, 4.69) is 10.3 Å². The third-order valence-corrected chi connectivity index (χ3v) is 3.92. The van der Waals surface area contributed by atoms with Crippen molar-refractivity contribution in [2.45, 2.75) is 18.9 Å². The summed E-state index contributed by atoms with van der Waals surface area (Å²) in [6.45, 7) is 1.41. The highest BCUT2D eigenvalue weighted by molar-refractivity contribution is 7.11. The van der Waals surface area contributed by atoms with E-state index >= 15 is 0 Å². The van der Waals surface area contributed by atoms with Crippen LogP contribution in [0, 0.1) is 0 Å². The van der Waals surface area contributed by atoms with Crippen LogP contribution < -0.4 is 10.1 Å². The quantitative estimate of drug-likeness (QED) is 0.943. The van der Waals surface area contributed by atoms with Gasteiger partial charge in [-0.2, -0.15) is 0 Å². The Labute approximate surface area is 126 Å². The van der Waals surface area contributed by atoms with Crippen LogP contribution in [0.1, 0.15) is 23.2 Å². The second kappa shape index (κ2) is 6.69. The molecule has 1 aliphatic heterocycles. The molecular formula is C15H16N2O3S. The third-order valence-electron chi connectivity index (χ3n) is 3.27. The number of hydrogen-bond donors (Lipinski definition) is 1. The van der Waals surface area contributed by atoms with Gasteiger partial charge in [-0.1, -0.05) is 17.4 Å². The minimum atomic E-state index is -0.0773. The number of hydrogen-bond acceptors (Lipinski definition) is 5. The summed E-state index contributed by atoms with van der Waals surface area (Å²) in [7, 11) is 0. The third kappa shape index (κ3) is 3.80. The summed E-state index contributed by atoms with van der Waals surface area (Å²) in [6.07, 6.45) is 3.41. The first-order chi connectivity index (χ1) is 10.3. The normalized spacial score (nSPS) is 15.6. The Bertz CT molecular complexity index is 595. The van der Waals surface area contributed by atoms with Gasteiger partial charge in [0.15, 0.2) is 0 Å². The topological polar surface area (TPSA) is 60.5 Å². The molecule has 0 radical (unpaired) electrons. The van der Waals surface area contributed by atoms with E-state index in [9.17, 15) is 4.79 Å². The van der Waals surface area contributed by atoms with Crippen molar-refractivity contribution in [3.8, 4) is 10.9 Å². The molecule has 6 heteroatoms. The van der Waals surface area contributed by atoms with Crippen LogP contribution in [0.5, 0.6) is 10.9 Å². The average molecular weight is 304 g/mol. The van der Waals surface area contributed by atoms with Gasteiger partial charge in [0, 0.05) is 36.4 Å². The first kappa shape index (κ1) is 14.0. The Morgan fingerprint density at radius 2 is 2.24 bits per heavy atom. The van der Waals surface area contributed by atoms with E-state index in [0.29, 0.717) is 29.7 Å². The van der Waals surface area contributed by atoms with Gasteiger partial charge in [0.25, 0.3) is 11.1 Å². The number of amides is 1. The molecule has 3 rings (SSSR count). The molecule has 2 heterocycles. The van der Waals surface area contributed by atoms with Crippen molar-refractivity contribution in [2.75, 3.05) is 13.2 Å². The van der Waals surface area contributed by atoms with Crippen LogP contribution in [-0.4, -0.2) is 30.1 Å². The van der Waals surface area contributed by atoms with Crippen LogP contribution in [0.4, 0.5) is 0 Å². The zero-order chi connectivity index (χ0) is 14.5. The molecule has 0 atom stereocenters. The lowest BCUT2D eigenvalue weighted by atomic mass is 10.1. The SMILES string of the molecule is O=C(NC1CCOCC1)c1cccc(Oc2nccs2)c1. The van der Waals surface area contributed by atoms with E-state index in [1.54, 1.807) is 18.3 Å². The zero-order valence-electron chi connectivity index (χ0n) is 11.5. The largest absolute Gasteiger partial charge is 0.431 e. The van der Waals surface area contributed by atoms with Gasteiger partial charge in [-0.25, -0.2) is 4.98 Å². The molecule has 0 bridgehead atoms. The molecule has 1 aliphatic rings. The number of carbonyl (C=O) groups is 1. The predicted molar refractivity (Wildman–Crippen MR) is 79.9 cm³/mol. The summed E-state index contributed by atoms with van der Waals surface area (Å²) in [5.74, 6) is 0.538. The average Bonchev–Trinajstić information content (AvgIpc) is 3.01. The number of thiazole rings is 1. The number of benzene rings is 1. The zero-order valence-corrected chi connectivity index (χ0v) is 12.3. The van der Waals surface area contributed by atoms with E-state index in [1.807, 2.05) is 17.5 Å². The van der Waals surface area contributed by atoms with E-state index < -0.39 is 0 Å². The van der Waals surface area contributed by atoms with Gasteiger partial charge in [0.05, 0.1) is 0 Å². The molecule has 0 spiro atoms. The predicted octanol–water partition coefficient (Wildman–Crippen LogP) is 2.84. The highest BCUT2D eigenvalue weighted by Gasteiger charge is 2.17. The van der Waals surface area contributed by atoms with Crippen molar-refractivity contribution in [1.82, 2.24) is 10.3 Å². The molecule has 1 saturated heterocycles. The maximum absolute atomic E-state index is 12.2. The van der Waals surface area contributed by atoms with Gasteiger partial charge in [-0.3, -0.25) is 4.79 Å². The van der Waals surface area contributed by atoms with E-state index in [1.165, 1.54) is 11.3 Å². The fourth-order valence-electron chi connectivity index (χ4n) is 2.17. The van der Waals surface area contributed by atoms with Gasteiger partial charge < -0.3 is 14.8 Å². The first-order valence-corrected chi connectivity index (χ1v) is 7.75. The Morgan fingerprint density at radius 3 is 3.00 bits per heavy atom. The lowest BCUT2D eigenvalue weighted by molar-refractivity contribution is 0.0696. The van der Waals surface area contributed by atoms with Gasteiger partial charge in [0.2, 0.25) is 0 Å². The smallest absolute Gasteiger partial charge is 0.278 e. The van der Waals surface area contributed by atoms with Crippen molar-refractivity contribution in [2.24, 2.45) is 0 Å². The molecule has 1 fully saturated rings. The summed E-state index contributed by atoms with van der Waals surface area (Å²) in [5, 5.41) is 5.44. The molecule has 21 heavy (non-hydrogen) atoms. The Hall–Kier alpha value is -1.92. The van der Waals surface area contributed by atoms with Crippen molar-refractivity contribution in [3.63, 3.8) is 0 Å². The van der Waals surface area contributed by atoms with Gasteiger partial charge >= 0.3 is 0 Å². The highest BCUT2D eigenvalue weighted by Crippen LogP contribution is 2.24. The standard InChI is InChI=1S/C15H16N2O3S/c18-14(17-12-4-7-19-8-5-12)11-2-1-3-13(10-11)20-15-16-6-9-21-15/h1-3,6,9-10,12H,4-5,7-8H2,(H,17,18). The number of aromatic nitrogens is 1. The number of rotatable bonds is 4. The Kier molecular flexibility index (Phi) is 4.47. The Morgan fingerprint density at radius 1 is 1.38 bits per heavy atom. The molecule has 2 aromatic rings. The van der Waals surface area contributed by atoms with Crippen molar-refractivity contribution in [1.29, 1.82) is 0 Å². The minimum Gasteiger partial charge on any atom is -0.431 e. The van der Waals surface area contributed by atoms with Crippen LogP contribution in [0.2, 0.25) is 0 Å². The molecule has 0 aliphatic carbocycles. The molecule has 1 N–H and O–H groups in total. The van der Waals surface area contributed by atoms with E-state index in [-0.39, 0.29) is 11.9 Å². The second-order valence-corrected chi connectivity index (χ2v) is 5.65. The van der Waals surface area contributed by atoms with Gasteiger partial charge in [-0.05, 0) is 31.0 Å². The van der Waals surface area contributed by atoms with Gasteiger partial charge in [-0.15, -0.1) is 0 Å². The van der Waals surface area contributed by atoms with Crippen LogP contribution in [0.15, 0.2) is 35.8 Å². The molecule has 0 unspecified atom stereocenters. The minimum absolute atomic E-state index is 0.0773. The lowest BCUT2D eigenvalue weighted by Crippen LogP contribution is -2.38. The summed E-state index contributed by atoms with van der Waals surface area (Å²) >= 11 is 1.41. The fraction of sp³-hybridized carbons (Fsp3) is 0.333. The van der Waals surface area contributed by atoms with Gasteiger partial charge in [0.1, 0.15) is 5.75 Å². The maximum Gasteiger partial charge on any atom is 0.278 e. The summed E-state index contributed by atoms with van der Waals surface area (Å²) < 4.78 is 10.9. The fourth-order valence-corrected chi connectivity index (χ4v) is 2.68. The number of ether oxygens (including phenoxy) is 2. The van der Waals surface area contributed by atoms with Crippen molar-refractivity contribution >= 4 is 17.2 Å². The van der Waals surface area contributed by atoms with E-state index in [0.717, 1.165) is 12.8 Å². The number of nitrogens with zero attached hydrogens (tertiary/aromatic N) is 1. The highest BCUT2D eigenvalue weighted by atomic mass is 32.1. The number of nitrogens with one attached hydrogen (secondary N) is 1. The first-order valence-electron chi connectivity index (χ1n) is 6.87. The summed E-state index contributed by atoms with van der Waals surface area (Å²) in [4.78, 5) is 16.3. The Balaban J connectivity index is 1.65. The molecule has 1 amide bonds. The van der Waals surface area contributed by atoms with Crippen LogP contribution in [0.3, 0.4) is 0 Å². The van der Waals surface area contributed by atoms with Crippen LogP contribution in [-0.2, 0) is 4.74 Å².